The Labute approximate surface area is 498 Å². The van der Waals surface area contributed by atoms with Crippen LogP contribution in [0.4, 0.5) is 0 Å². The zero-order chi connectivity index (χ0) is 57.6. The van der Waals surface area contributed by atoms with Crippen LogP contribution in [0.1, 0.15) is 322 Å². The maximum absolute atomic E-state index is 12.5. The van der Waals surface area contributed by atoms with Crippen molar-refractivity contribution in [2.45, 2.75) is 334 Å². The number of aliphatic hydroxyl groups is 2. The van der Waals surface area contributed by atoms with Crippen LogP contribution in [0, 0.1) is 0 Å². The van der Waals surface area contributed by atoms with Crippen molar-refractivity contribution < 1.29 is 15.0 Å². The van der Waals surface area contributed by atoms with E-state index in [1.54, 1.807) is 6.08 Å². The fourth-order valence-corrected chi connectivity index (χ4v) is 9.96. The molecule has 0 rings (SSSR count). The molecule has 4 heteroatoms. The smallest absolute Gasteiger partial charge is 0.220 e. The van der Waals surface area contributed by atoms with Crippen LogP contribution in [-0.4, -0.2) is 34.9 Å². The van der Waals surface area contributed by atoms with Gasteiger partial charge in [-0.1, -0.05) is 347 Å². The summed E-state index contributed by atoms with van der Waals surface area (Å²) >= 11 is 0. The lowest BCUT2D eigenvalue weighted by Crippen LogP contribution is -2.45. The molecule has 0 radical (unpaired) electrons. The van der Waals surface area contributed by atoms with Gasteiger partial charge >= 0.3 is 0 Å². The van der Waals surface area contributed by atoms with Crippen LogP contribution in [-0.2, 0) is 4.79 Å². The number of hydrogen-bond donors (Lipinski definition) is 3. The monoisotopic (exact) mass is 1110 g/mol. The van der Waals surface area contributed by atoms with Gasteiger partial charge < -0.3 is 15.5 Å². The summed E-state index contributed by atoms with van der Waals surface area (Å²) in [7, 11) is 0. The highest BCUT2D eigenvalue weighted by Crippen LogP contribution is 2.17. The van der Waals surface area contributed by atoms with Crippen LogP contribution in [0.25, 0.3) is 0 Å². The van der Waals surface area contributed by atoms with Crippen molar-refractivity contribution in [2.75, 3.05) is 6.61 Å². The van der Waals surface area contributed by atoms with E-state index in [0.717, 1.165) is 89.9 Å². The van der Waals surface area contributed by atoms with Crippen molar-refractivity contribution in [2.24, 2.45) is 0 Å². The molecule has 0 saturated heterocycles. The molecule has 1 amide bonds. The second-order valence-electron chi connectivity index (χ2n) is 22.9. The van der Waals surface area contributed by atoms with Gasteiger partial charge in [-0.2, -0.15) is 0 Å². The van der Waals surface area contributed by atoms with Gasteiger partial charge in [0.25, 0.3) is 0 Å². The first kappa shape index (κ1) is 76.5. The number of carbonyl (C=O) groups is 1. The third-order valence-electron chi connectivity index (χ3n) is 15.1. The van der Waals surface area contributed by atoms with E-state index in [0.29, 0.717) is 6.42 Å². The minimum atomic E-state index is -0.874. The number of nitrogens with one attached hydrogen (secondary N) is 1. The topological polar surface area (TPSA) is 69.6 Å². The zero-order valence-corrected chi connectivity index (χ0v) is 52.8. The lowest BCUT2D eigenvalue weighted by atomic mass is 10.0. The molecule has 0 aromatic rings. The number of unbranched alkanes of at least 4 members (excludes halogenated alkanes) is 35. The Hall–Kier alpha value is -3.47. The molecule has 0 aromatic heterocycles. The Morgan fingerprint density at radius 1 is 0.312 bits per heavy atom. The number of aliphatic hydroxyl groups excluding tert-OH is 2. The molecule has 0 saturated carbocycles. The molecule has 0 aliphatic rings. The number of rotatable bonds is 62. The predicted octanol–water partition coefficient (Wildman–Crippen LogP) is 23.7. The second-order valence-corrected chi connectivity index (χ2v) is 22.9. The average molecular weight is 1110 g/mol. The SMILES string of the molecule is CC/C=C\C/C=C\C/C=C\C/C=C\C/C=C\C/C=C\C/C=C\C/C=C\C/C=C\CCCCCCCCCCCCCC(=O)NC(CO)C(O)/C=C/CC/C=C/CCCCCCCCCCCCCCCCCCCCCCCCC. The highest BCUT2D eigenvalue weighted by Gasteiger charge is 2.18. The molecule has 3 N–H and O–H groups in total. The van der Waals surface area contributed by atoms with E-state index >= 15 is 0 Å². The molecule has 2 unspecified atom stereocenters. The van der Waals surface area contributed by atoms with Crippen molar-refractivity contribution in [3.05, 3.63) is 134 Å². The molecular weight excluding hydrogens is 975 g/mol. The van der Waals surface area contributed by atoms with E-state index in [1.807, 2.05) is 6.08 Å². The predicted molar refractivity (Wildman–Crippen MR) is 359 cm³/mol. The number of hydrogen-bond acceptors (Lipinski definition) is 3. The lowest BCUT2D eigenvalue weighted by molar-refractivity contribution is -0.123. The van der Waals surface area contributed by atoms with Gasteiger partial charge in [0.15, 0.2) is 0 Å². The molecule has 0 aliphatic carbocycles. The Balaban J connectivity index is 3.57. The Bertz CT molecular complexity index is 1590. The first-order valence-electron chi connectivity index (χ1n) is 34.4. The van der Waals surface area contributed by atoms with Gasteiger partial charge in [-0.15, -0.1) is 0 Å². The number of amides is 1. The summed E-state index contributed by atoms with van der Waals surface area (Å²) in [6.45, 7) is 4.20. The molecule has 458 valence electrons. The van der Waals surface area contributed by atoms with Crippen molar-refractivity contribution in [3.8, 4) is 0 Å². The van der Waals surface area contributed by atoms with E-state index in [9.17, 15) is 15.0 Å². The number of allylic oxidation sites excluding steroid dienone is 21. The van der Waals surface area contributed by atoms with E-state index in [1.165, 1.54) is 212 Å². The minimum Gasteiger partial charge on any atom is -0.394 e. The van der Waals surface area contributed by atoms with Crippen molar-refractivity contribution in [1.82, 2.24) is 5.32 Å². The molecule has 0 spiro atoms. The van der Waals surface area contributed by atoms with Gasteiger partial charge in [0.2, 0.25) is 5.91 Å². The minimum absolute atomic E-state index is 0.0790. The maximum Gasteiger partial charge on any atom is 0.220 e. The third kappa shape index (κ3) is 65.3. The van der Waals surface area contributed by atoms with Gasteiger partial charge in [0, 0.05) is 6.42 Å². The zero-order valence-electron chi connectivity index (χ0n) is 52.8. The molecule has 0 aromatic carbocycles. The molecule has 4 nitrogen and oxygen atoms in total. The van der Waals surface area contributed by atoms with E-state index in [-0.39, 0.29) is 12.5 Å². The standard InChI is InChI=1S/C76H131NO3/c1-3-5-7-9-11-13-15-17-19-21-23-25-27-29-31-33-34-35-36-37-38-39-40-41-42-44-46-48-50-52-54-56-58-60-62-64-66-68-70-72-76(80)77-74(73-78)75(79)71-69-67-65-63-61-59-57-55-53-51-49-47-45-43-32-30-28-26-24-22-20-18-16-14-12-10-8-6-4-2/h5,7,11,13,17,19,23,25,29,31,34-35,37-38,40-41,44,46,61,63,69,71,74-75,78-79H,3-4,6,8-10,12,14-16,18,20-22,24,26-28,30,32-33,36,39,42-43,45,47-60,62,64-68,70,72-73H2,1-2H3,(H,77,80)/b7-5-,13-11-,19-17-,25-23-,31-29-,35-34-,38-37-,41-40-,46-44-,63-61+,71-69+. The Morgan fingerprint density at radius 3 is 0.875 bits per heavy atom. The van der Waals surface area contributed by atoms with Crippen LogP contribution in [0.5, 0.6) is 0 Å². The van der Waals surface area contributed by atoms with Crippen molar-refractivity contribution >= 4 is 5.91 Å². The first-order chi connectivity index (χ1) is 39.7. The van der Waals surface area contributed by atoms with Crippen LogP contribution >= 0.6 is 0 Å². The van der Waals surface area contributed by atoms with Gasteiger partial charge in [0.1, 0.15) is 0 Å². The maximum atomic E-state index is 12.5. The third-order valence-corrected chi connectivity index (χ3v) is 15.1. The van der Waals surface area contributed by atoms with Crippen molar-refractivity contribution in [3.63, 3.8) is 0 Å². The molecular formula is C76H131NO3. The quantitative estimate of drug-likeness (QED) is 0.0420. The van der Waals surface area contributed by atoms with E-state index in [4.69, 9.17) is 0 Å². The molecule has 0 fully saturated rings. The molecule has 0 heterocycles. The van der Waals surface area contributed by atoms with E-state index in [2.05, 4.69) is 141 Å². The normalized spacial score (nSPS) is 13.6. The highest BCUT2D eigenvalue weighted by molar-refractivity contribution is 5.76. The second kappa shape index (κ2) is 69.8. The summed E-state index contributed by atoms with van der Waals surface area (Å²) in [5.74, 6) is -0.0790. The molecule has 0 aliphatic heterocycles. The van der Waals surface area contributed by atoms with Gasteiger partial charge in [-0.25, -0.2) is 0 Å². The summed E-state index contributed by atoms with van der Waals surface area (Å²) < 4.78 is 0. The first-order valence-corrected chi connectivity index (χ1v) is 34.4. The fraction of sp³-hybridized carbons (Fsp3) is 0.697. The van der Waals surface area contributed by atoms with Crippen molar-refractivity contribution in [1.29, 1.82) is 0 Å². The van der Waals surface area contributed by atoms with Gasteiger partial charge in [-0.3, -0.25) is 4.79 Å². The summed E-state index contributed by atoms with van der Waals surface area (Å²) in [6.07, 6.45) is 108. The summed E-state index contributed by atoms with van der Waals surface area (Å²) in [5, 5.41) is 23.3. The van der Waals surface area contributed by atoms with Gasteiger partial charge in [-0.05, 0) is 103 Å². The Morgan fingerprint density at radius 2 is 0.562 bits per heavy atom. The molecule has 0 bridgehead atoms. The molecule has 80 heavy (non-hydrogen) atoms. The van der Waals surface area contributed by atoms with Crippen LogP contribution in [0.2, 0.25) is 0 Å². The molecule has 2 atom stereocenters. The van der Waals surface area contributed by atoms with Crippen LogP contribution < -0.4 is 5.32 Å². The lowest BCUT2D eigenvalue weighted by Gasteiger charge is -2.19. The Kier molecular flexibility index (Phi) is 66.8. The summed E-state index contributed by atoms with van der Waals surface area (Å²) in [4.78, 5) is 12.5. The van der Waals surface area contributed by atoms with Crippen LogP contribution in [0.3, 0.4) is 0 Å². The average Bonchev–Trinajstić information content (AvgIpc) is 3.46. The summed E-state index contributed by atoms with van der Waals surface area (Å²) in [5.41, 5.74) is 0. The largest absolute Gasteiger partial charge is 0.394 e. The fourth-order valence-electron chi connectivity index (χ4n) is 9.96. The van der Waals surface area contributed by atoms with Gasteiger partial charge in [0.05, 0.1) is 18.8 Å². The number of carbonyl (C=O) groups excluding carboxylic acids is 1. The van der Waals surface area contributed by atoms with E-state index < -0.39 is 12.1 Å². The summed E-state index contributed by atoms with van der Waals surface area (Å²) in [6, 6.07) is -0.651. The highest BCUT2D eigenvalue weighted by atomic mass is 16.3. The van der Waals surface area contributed by atoms with Crippen LogP contribution in [0.15, 0.2) is 134 Å².